The quantitative estimate of drug-likeness (QED) is 0.675. The fourth-order valence-corrected chi connectivity index (χ4v) is 3.08. The van der Waals surface area contributed by atoms with E-state index in [4.69, 9.17) is 14.0 Å². The predicted molar refractivity (Wildman–Crippen MR) is 109 cm³/mol. The van der Waals surface area contributed by atoms with Crippen LogP contribution in [-0.2, 0) is 9.53 Å². The molecule has 0 unspecified atom stereocenters. The molecule has 0 atom stereocenters. The summed E-state index contributed by atoms with van der Waals surface area (Å²) in [5, 5.41) is 6.76. The van der Waals surface area contributed by atoms with Gasteiger partial charge in [-0.25, -0.2) is 0 Å². The second kappa shape index (κ2) is 9.23. The van der Waals surface area contributed by atoms with Crippen LogP contribution < -0.4 is 10.1 Å². The van der Waals surface area contributed by atoms with Crippen LogP contribution in [0, 0.1) is 0 Å². The third kappa shape index (κ3) is 4.66. The van der Waals surface area contributed by atoms with E-state index in [0.29, 0.717) is 49.0 Å². The fourth-order valence-electron chi connectivity index (χ4n) is 3.08. The van der Waals surface area contributed by atoms with Gasteiger partial charge < -0.3 is 24.2 Å². The van der Waals surface area contributed by atoms with E-state index in [2.05, 4.69) is 10.5 Å². The number of carbonyl (C=O) groups excluding carboxylic acids is 2. The maximum atomic E-state index is 12.6. The van der Waals surface area contributed by atoms with Crippen LogP contribution >= 0.6 is 0 Å². The molecular weight excluding hydrogens is 386 g/mol. The molecule has 0 bridgehead atoms. The highest BCUT2D eigenvalue weighted by Crippen LogP contribution is 2.23. The smallest absolute Gasteiger partial charge is 0.261 e. The van der Waals surface area contributed by atoms with Gasteiger partial charge in [0.1, 0.15) is 23.3 Å². The second-order valence-corrected chi connectivity index (χ2v) is 6.70. The molecule has 3 aromatic rings. The lowest BCUT2D eigenvalue weighted by atomic mass is 10.1. The number of aromatic nitrogens is 1. The van der Waals surface area contributed by atoms with Gasteiger partial charge in [0.05, 0.1) is 13.2 Å². The fraction of sp³-hybridized carbons (Fsp3) is 0.227. The molecule has 1 fully saturated rings. The Kier molecular flexibility index (Phi) is 6.05. The summed E-state index contributed by atoms with van der Waals surface area (Å²) in [5.41, 5.74) is 2.21. The minimum atomic E-state index is -0.328. The van der Waals surface area contributed by atoms with Crippen LogP contribution in [0.2, 0.25) is 0 Å². The molecule has 2 aromatic carbocycles. The van der Waals surface area contributed by atoms with Crippen molar-refractivity contribution in [1.29, 1.82) is 0 Å². The number of ether oxygens (including phenoxy) is 2. The minimum Gasteiger partial charge on any atom is -0.484 e. The lowest BCUT2D eigenvalue weighted by molar-refractivity contribution is -0.137. The molecule has 2 heterocycles. The molecule has 0 aliphatic carbocycles. The van der Waals surface area contributed by atoms with E-state index < -0.39 is 0 Å². The minimum absolute atomic E-state index is 0.0349. The number of benzene rings is 2. The third-order valence-corrected chi connectivity index (χ3v) is 4.70. The van der Waals surface area contributed by atoms with Gasteiger partial charge in [-0.2, -0.15) is 0 Å². The highest BCUT2D eigenvalue weighted by Gasteiger charge is 2.18. The van der Waals surface area contributed by atoms with E-state index >= 15 is 0 Å². The zero-order chi connectivity index (χ0) is 20.8. The van der Waals surface area contributed by atoms with Crippen LogP contribution in [0.3, 0.4) is 0 Å². The number of amides is 2. The average Bonchev–Trinajstić information content (AvgIpc) is 3.30. The van der Waals surface area contributed by atoms with Crippen molar-refractivity contribution in [2.24, 2.45) is 0 Å². The number of carbonyl (C=O) groups is 2. The van der Waals surface area contributed by atoms with Gasteiger partial charge in [0.25, 0.3) is 11.8 Å². The maximum absolute atomic E-state index is 12.6. The molecule has 1 aliphatic heterocycles. The molecule has 1 aliphatic rings. The summed E-state index contributed by atoms with van der Waals surface area (Å²) >= 11 is 0. The van der Waals surface area contributed by atoms with E-state index in [1.807, 2.05) is 30.3 Å². The summed E-state index contributed by atoms with van der Waals surface area (Å²) in [6, 6.07) is 16.2. The Labute approximate surface area is 173 Å². The summed E-state index contributed by atoms with van der Waals surface area (Å²) in [7, 11) is 0. The Morgan fingerprint density at radius 2 is 1.77 bits per heavy atom. The first-order chi connectivity index (χ1) is 14.7. The number of anilines is 1. The summed E-state index contributed by atoms with van der Waals surface area (Å²) < 4.78 is 15.8. The number of morpholine rings is 1. The van der Waals surface area contributed by atoms with E-state index in [0.717, 1.165) is 5.56 Å². The molecule has 154 valence electrons. The number of rotatable bonds is 6. The van der Waals surface area contributed by atoms with Crippen LogP contribution in [0.1, 0.15) is 10.4 Å². The van der Waals surface area contributed by atoms with Gasteiger partial charge in [0.15, 0.2) is 6.61 Å². The highest BCUT2D eigenvalue weighted by molar-refractivity contribution is 6.07. The summed E-state index contributed by atoms with van der Waals surface area (Å²) in [6.45, 7) is 2.24. The topological polar surface area (TPSA) is 93.9 Å². The van der Waals surface area contributed by atoms with E-state index in [1.165, 1.54) is 6.26 Å². The monoisotopic (exact) mass is 407 g/mol. The van der Waals surface area contributed by atoms with E-state index in [-0.39, 0.29) is 18.4 Å². The van der Waals surface area contributed by atoms with Crippen molar-refractivity contribution < 1.29 is 23.6 Å². The molecule has 0 spiro atoms. The van der Waals surface area contributed by atoms with Crippen LogP contribution in [0.25, 0.3) is 11.3 Å². The molecule has 8 heteroatoms. The van der Waals surface area contributed by atoms with Crippen molar-refractivity contribution in [1.82, 2.24) is 10.1 Å². The van der Waals surface area contributed by atoms with Crippen molar-refractivity contribution in [2.75, 3.05) is 38.2 Å². The average molecular weight is 407 g/mol. The van der Waals surface area contributed by atoms with Crippen LogP contribution in [0.5, 0.6) is 5.75 Å². The van der Waals surface area contributed by atoms with Crippen molar-refractivity contribution in [2.45, 2.75) is 0 Å². The predicted octanol–water partition coefficient (Wildman–Crippen LogP) is 2.83. The van der Waals surface area contributed by atoms with Crippen LogP contribution in [0.4, 0.5) is 5.69 Å². The largest absolute Gasteiger partial charge is 0.484 e. The molecule has 0 radical (unpaired) electrons. The molecule has 1 N–H and O–H groups in total. The zero-order valence-electron chi connectivity index (χ0n) is 16.2. The van der Waals surface area contributed by atoms with Gasteiger partial charge >= 0.3 is 0 Å². The summed E-state index contributed by atoms with van der Waals surface area (Å²) in [4.78, 5) is 26.5. The number of nitrogens with one attached hydrogen (secondary N) is 1. The van der Waals surface area contributed by atoms with Crippen LogP contribution in [-0.4, -0.2) is 54.8 Å². The van der Waals surface area contributed by atoms with E-state index in [1.54, 1.807) is 29.2 Å². The Balaban J connectivity index is 1.34. The number of nitrogens with zero attached hydrogens (tertiary/aromatic N) is 2. The molecular formula is C22H21N3O5. The van der Waals surface area contributed by atoms with Gasteiger partial charge in [-0.3, -0.25) is 9.59 Å². The Hall–Kier alpha value is -3.65. The number of hydrogen-bond acceptors (Lipinski definition) is 6. The van der Waals surface area contributed by atoms with Gasteiger partial charge in [0.2, 0.25) is 0 Å². The molecule has 1 saturated heterocycles. The van der Waals surface area contributed by atoms with Crippen molar-refractivity contribution in [3.63, 3.8) is 0 Å². The normalized spacial score (nSPS) is 13.7. The van der Waals surface area contributed by atoms with Gasteiger partial charge in [-0.05, 0) is 24.3 Å². The molecule has 2 amide bonds. The Morgan fingerprint density at radius 3 is 2.50 bits per heavy atom. The van der Waals surface area contributed by atoms with E-state index in [9.17, 15) is 9.59 Å². The molecule has 30 heavy (non-hydrogen) atoms. The SMILES string of the molecule is O=C(Nc1ccc(OCC(=O)N2CCOCC2)cc1)c1conc1-c1ccccc1. The van der Waals surface area contributed by atoms with Crippen molar-refractivity contribution in [3.8, 4) is 17.0 Å². The molecule has 1 aromatic heterocycles. The first-order valence-electron chi connectivity index (χ1n) is 9.60. The first kappa shape index (κ1) is 19.7. The maximum Gasteiger partial charge on any atom is 0.261 e. The summed E-state index contributed by atoms with van der Waals surface area (Å²) in [6.07, 6.45) is 1.33. The van der Waals surface area contributed by atoms with Gasteiger partial charge in [-0.1, -0.05) is 35.5 Å². The lowest BCUT2D eigenvalue weighted by Crippen LogP contribution is -2.42. The second-order valence-electron chi connectivity index (χ2n) is 6.70. The standard InChI is InChI=1S/C22H21N3O5/c26-20(25-10-12-28-13-11-25)15-29-18-8-6-17(7-9-18)23-22(27)19-14-30-24-21(19)16-4-2-1-3-5-16/h1-9,14H,10-13,15H2,(H,23,27). The van der Waals surface area contributed by atoms with Crippen molar-refractivity contribution >= 4 is 17.5 Å². The third-order valence-electron chi connectivity index (χ3n) is 4.70. The first-order valence-corrected chi connectivity index (χ1v) is 9.60. The lowest BCUT2D eigenvalue weighted by Gasteiger charge is -2.26. The van der Waals surface area contributed by atoms with Crippen LogP contribution in [0.15, 0.2) is 65.4 Å². The van der Waals surface area contributed by atoms with Gasteiger partial charge in [-0.15, -0.1) is 0 Å². The molecule has 0 saturated carbocycles. The number of hydrogen-bond donors (Lipinski definition) is 1. The molecule has 4 rings (SSSR count). The Bertz CT molecular complexity index is 995. The van der Waals surface area contributed by atoms with Crippen molar-refractivity contribution in [3.05, 3.63) is 66.4 Å². The Morgan fingerprint density at radius 1 is 1.03 bits per heavy atom. The zero-order valence-corrected chi connectivity index (χ0v) is 16.2. The molecule has 8 nitrogen and oxygen atoms in total. The summed E-state index contributed by atoms with van der Waals surface area (Å²) in [5.74, 6) is 0.146. The highest BCUT2D eigenvalue weighted by atomic mass is 16.5. The van der Waals surface area contributed by atoms with Gasteiger partial charge in [0, 0.05) is 24.3 Å².